The van der Waals surface area contributed by atoms with Crippen LogP contribution in [0.25, 0.3) is 0 Å². The molecule has 162 valence electrons. The number of amides is 4. The molecule has 0 aromatic carbocycles. The first kappa shape index (κ1) is 19.8. The van der Waals surface area contributed by atoms with Gasteiger partial charge in [-0.25, -0.2) is 9.78 Å². The molecule has 0 bridgehead atoms. The predicted octanol–water partition coefficient (Wildman–Crippen LogP) is 2.78. The largest absolute Gasteiger partial charge is 0.473 e. The SMILES string of the molecule is CC(C)CC1NC(=O)N(C2CC3(CC(Oc4nc(C5CC5)sc4C(N)=O)C3)C2)C1=O. The first-order valence-electron chi connectivity index (χ1n) is 10.9. The van der Waals surface area contributed by atoms with Crippen molar-refractivity contribution in [3.63, 3.8) is 0 Å². The van der Waals surface area contributed by atoms with E-state index in [1.165, 1.54) is 16.2 Å². The molecule has 1 saturated heterocycles. The van der Waals surface area contributed by atoms with Gasteiger partial charge >= 0.3 is 6.03 Å². The number of nitrogens with one attached hydrogen (secondary N) is 1. The fourth-order valence-electron chi connectivity index (χ4n) is 5.19. The van der Waals surface area contributed by atoms with Crippen molar-refractivity contribution >= 4 is 29.2 Å². The Morgan fingerprint density at radius 3 is 2.60 bits per heavy atom. The lowest BCUT2D eigenvalue weighted by atomic mass is 9.52. The van der Waals surface area contributed by atoms with Crippen LogP contribution in [0.15, 0.2) is 0 Å². The molecule has 1 aromatic rings. The van der Waals surface area contributed by atoms with Crippen LogP contribution in [0.1, 0.15) is 79.4 Å². The van der Waals surface area contributed by atoms with E-state index in [0.717, 1.165) is 43.5 Å². The van der Waals surface area contributed by atoms with Gasteiger partial charge in [0.15, 0.2) is 4.88 Å². The van der Waals surface area contributed by atoms with Gasteiger partial charge in [0.2, 0.25) is 5.88 Å². The second-order valence-electron chi connectivity index (χ2n) is 9.87. The Labute approximate surface area is 179 Å². The number of ether oxygens (including phenoxy) is 1. The van der Waals surface area contributed by atoms with Crippen LogP contribution >= 0.6 is 11.3 Å². The van der Waals surface area contributed by atoms with Crippen LogP contribution in [0, 0.1) is 11.3 Å². The molecule has 3 saturated carbocycles. The number of hydrogen-bond donors (Lipinski definition) is 2. The molecule has 8 nitrogen and oxygen atoms in total. The van der Waals surface area contributed by atoms with Crippen molar-refractivity contribution in [1.29, 1.82) is 0 Å². The van der Waals surface area contributed by atoms with Crippen molar-refractivity contribution < 1.29 is 19.1 Å². The van der Waals surface area contributed by atoms with Crippen molar-refractivity contribution in [2.75, 3.05) is 0 Å². The number of urea groups is 1. The van der Waals surface area contributed by atoms with Crippen LogP contribution < -0.4 is 15.8 Å². The lowest BCUT2D eigenvalue weighted by Gasteiger charge is -2.58. The molecule has 30 heavy (non-hydrogen) atoms. The van der Waals surface area contributed by atoms with Gasteiger partial charge in [-0.1, -0.05) is 13.8 Å². The number of hydrogen-bond acceptors (Lipinski definition) is 6. The summed E-state index contributed by atoms with van der Waals surface area (Å²) in [4.78, 5) is 43.1. The zero-order chi connectivity index (χ0) is 21.2. The quantitative estimate of drug-likeness (QED) is 0.643. The molecular weight excluding hydrogens is 404 g/mol. The Bertz CT molecular complexity index is 895. The fourth-order valence-corrected chi connectivity index (χ4v) is 6.21. The highest BCUT2D eigenvalue weighted by atomic mass is 32.1. The van der Waals surface area contributed by atoms with Crippen molar-refractivity contribution in [2.45, 2.75) is 82.9 Å². The van der Waals surface area contributed by atoms with E-state index in [9.17, 15) is 14.4 Å². The molecule has 1 atom stereocenters. The maximum atomic E-state index is 12.6. The maximum absolute atomic E-state index is 12.6. The van der Waals surface area contributed by atoms with Gasteiger partial charge in [-0.05, 0) is 56.3 Å². The number of primary amides is 1. The van der Waals surface area contributed by atoms with E-state index in [4.69, 9.17) is 10.5 Å². The highest BCUT2D eigenvalue weighted by molar-refractivity contribution is 7.14. The lowest BCUT2D eigenvalue weighted by molar-refractivity contribution is -0.141. The van der Waals surface area contributed by atoms with E-state index < -0.39 is 5.91 Å². The number of nitrogens with zero attached hydrogens (tertiary/aromatic N) is 2. The Kier molecular flexibility index (Phi) is 4.57. The average Bonchev–Trinajstić information content (AvgIpc) is 3.30. The van der Waals surface area contributed by atoms with Gasteiger partial charge in [-0.15, -0.1) is 11.3 Å². The number of nitrogens with two attached hydrogens (primary N) is 1. The Hall–Kier alpha value is -2.16. The molecule has 1 unspecified atom stereocenters. The Morgan fingerprint density at radius 1 is 1.30 bits per heavy atom. The molecule has 5 rings (SSSR count). The number of thiazole rings is 1. The number of carbonyl (C=O) groups excluding carboxylic acids is 3. The molecule has 2 heterocycles. The molecule has 1 aromatic heterocycles. The summed E-state index contributed by atoms with van der Waals surface area (Å²) in [6.45, 7) is 4.10. The van der Waals surface area contributed by atoms with Crippen molar-refractivity contribution in [2.24, 2.45) is 17.1 Å². The Morgan fingerprint density at radius 2 is 2.00 bits per heavy atom. The van der Waals surface area contributed by atoms with Crippen LogP contribution in [0.3, 0.4) is 0 Å². The summed E-state index contributed by atoms with van der Waals surface area (Å²) >= 11 is 1.36. The molecule has 9 heteroatoms. The Balaban J connectivity index is 1.16. The van der Waals surface area contributed by atoms with Crippen molar-refractivity contribution in [3.05, 3.63) is 9.88 Å². The number of aromatic nitrogens is 1. The third kappa shape index (κ3) is 3.36. The number of imide groups is 1. The van der Waals surface area contributed by atoms with Gasteiger partial charge in [0, 0.05) is 12.0 Å². The molecular formula is C21H28N4O4S. The predicted molar refractivity (Wildman–Crippen MR) is 110 cm³/mol. The molecule has 0 radical (unpaired) electrons. The third-order valence-corrected chi connectivity index (χ3v) is 8.04. The molecule has 4 amide bonds. The van der Waals surface area contributed by atoms with E-state index >= 15 is 0 Å². The van der Waals surface area contributed by atoms with Crippen LogP contribution in [0.5, 0.6) is 5.88 Å². The summed E-state index contributed by atoms with van der Waals surface area (Å²) < 4.78 is 6.03. The standard InChI is InChI=1S/C21H28N4O4S/c1-10(2)5-14-19(27)25(20(28)23-14)12-6-21(7-12)8-13(9-21)29-17-15(16(22)26)30-18(24-17)11-3-4-11/h10-14H,3-9H2,1-2H3,(H2,22,26)(H,23,28). The van der Waals surface area contributed by atoms with Gasteiger partial charge < -0.3 is 15.8 Å². The summed E-state index contributed by atoms with van der Waals surface area (Å²) in [6.07, 6.45) is 6.28. The van der Waals surface area contributed by atoms with Crippen LogP contribution in [0.2, 0.25) is 0 Å². The molecule has 4 aliphatic rings. The molecule has 1 spiro atoms. The highest BCUT2D eigenvalue weighted by Gasteiger charge is 2.58. The summed E-state index contributed by atoms with van der Waals surface area (Å²) in [6, 6.07) is -0.652. The second kappa shape index (κ2) is 6.93. The lowest BCUT2D eigenvalue weighted by Crippen LogP contribution is -2.60. The maximum Gasteiger partial charge on any atom is 0.325 e. The van der Waals surface area contributed by atoms with Crippen LogP contribution in [-0.2, 0) is 4.79 Å². The molecule has 3 aliphatic carbocycles. The number of rotatable bonds is 7. The van der Waals surface area contributed by atoms with E-state index in [1.54, 1.807) is 0 Å². The first-order valence-corrected chi connectivity index (χ1v) is 11.7. The zero-order valence-electron chi connectivity index (χ0n) is 17.3. The summed E-state index contributed by atoms with van der Waals surface area (Å²) in [5.74, 6) is 0.626. The van der Waals surface area contributed by atoms with Crippen LogP contribution in [0.4, 0.5) is 4.79 Å². The minimum absolute atomic E-state index is 0.00926. The van der Waals surface area contributed by atoms with Crippen LogP contribution in [-0.4, -0.2) is 45.9 Å². The molecule has 4 fully saturated rings. The van der Waals surface area contributed by atoms with Gasteiger partial charge in [-0.3, -0.25) is 14.5 Å². The zero-order valence-corrected chi connectivity index (χ0v) is 18.2. The monoisotopic (exact) mass is 432 g/mol. The van der Waals surface area contributed by atoms with Crippen molar-refractivity contribution in [1.82, 2.24) is 15.2 Å². The molecule has 3 N–H and O–H groups in total. The first-order chi connectivity index (χ1) is 14.2. The van der Waals surface area contributed by atoms with Gasteiger partial charge in [0.25, 0.3) is 11.8 Å². The third-order valence-electron chi connectivity index (χ3n) is 6.82. The van der Waals surface area contributed by atoms with E-state index in [0.29, 0.717) is 29.0 Å². The molecule has 1 aliphatic heterocycles. The second-order valence-corrected chi connectivity index (χ2v) is 10.9. The smallest absolute Gasteiger partial charge is 0.325 e. The average molecular weight is 433 g/mol. The fraction of sp³-hybridized carbons (Fsp3) is 0.714. The van der Waals surface area contributed by atoms with E-state index in [1.807, 2.05) is 0 Å². The minimum atomic E-state index is -0.485. The van der Waals surface area contributed by atoms with Crippen molar-refractivity contribution in [3.8, 4) is 5.88 Å². The van der Waals surface area contributed by atoms with E-state index in [-0.39, 0.29) is 35.5 Å². The summed E-state index contributed by atoms with van der Waals surface area (Å²) in [5, 5.41) is 3.78. The minimum Gasteiger partial charge on any atom is -0.473 e. The van der Waals surface area contributed by atoms with Gasteiger partial charge in [0.1, 0.15) is 17.2 Å². The summed E-state index contributed by atoms with van der Waals surface area (Å²) in [5.41, 5.74) is 5.64. The van der Waals surface area contributed by atoms with Gasteiger partial charge in [0.05, 0.1) is 0 Å². The highest BCUT2D eigenvalue weighted by Crippen LogP contribution is 2.58. The normalized spacial score (nSPS) is 32.9. The van der Waals surface area contributed by atoms with E-state index in [2.05, 4.69) is 24.1 Å². The number of carbonyl (C=O) groups is 3. The topological polar surface area (TPSA) is 115 Å². The van der Waals surface area contributed by atoms with Gasteiger partial charge in [-0.2, -0.15) is 0 Å². The summed E-state index contributed by atoms with van der Waals surface area (Å²) in [7, 11) is 0.